The van der Waals surface area contributed by atoms with Crippen LogP contribution in [0, 0.1) is 23.2 Å². The van der Waals surface area contributed by atoms with Gasteiger partial charge in [0.1, 0.15) is 15.6 Å². The standard InChI is InChI=1S/C33H48F5NO4S/c1-22-29(41)21-28-30-23(19-24-20-25(40)10-11-26(24)27(30)12-14-31(22,28)2)9-5-4-6-15-39(3)16-8-18-44(42,43)17-7-13-32(34,35)33(36,37)38/h10-11,20,23,27-30,40-41H,1,4-9,12-19,21H2,2-3H3/t23-,27?,28?,29-,30?,31-/m1/s1. The molecule has 3 aliphatic carbocycles. The lowest BCUT2D eigenvalue weighted by atomic mass is 9.52. The fraction of sp³-hybridized carbons (Fsp3) is 0.758. The second-order valence-corrected chi connectivity index (χ2v) is 16.1. The number of phenols is 1. The second-order valence-electron chi connectivity index (χ2n) is 13.8. The van der Waals surface area contributed by atoms with Gasteiger partial charge in [-0.2, -0.15) is 22.0 Å². The van der Waals surface area contributed by atoms with Crippen LogP contribution in [0.4, 0.5) is 22.0 Å². The summed E-state index contributed by atoms with van der Waals surface area (Å²) in [6.07, 6.45) is -0.275. The first kappa shape index (κ1) is 35.1. The number of aliphatic hydroxyl groups excluding tert-OH is 1. The summed E-state index contributed by atoms with van der Waals surface area (Å²) in [7, 11) is -1.81. The van der Waals surface area contributed by atoms with E-state index in [1.807, 2.05) is 18.0 Å². The summed E-state index contributed by atoms with van der Waals surface area (Å²) >= 11 is 0. The zero-order chi connectivity index (χ0) is 32.5. The van der Waals surface area contributed by atoms with Gasteiger partial charge in [-0.05, 0) is 129 Å². The Kier molecular flexibility index (Phi) is 10.8. The number of sulfone groups is 1. The van der Waals surface area contributed by atoms with Crippen LogP contribution < -0.4 is 0 Å². The summed E-state index contributed by atoms with van der Waals surface area (Å²) < 4.78 is 87.2. The van der Waals surface area contributed by atoms with Crippen LogP contribution in [0.25, 0.3) is 0 Å². The van der Waals surface area contributed by atoms with Crippen molar-refractivity contribution in [3.05, 3.63) is 41.5 Å². The molecular weight excluding hydrogens is 601 g/mol. The average molecular weight is 650 g/mol. The van der Waals surface area contributed by atoms with E-state index in [4.69, 9.17) is 0 Å². The number of hydrogen-bond acceptors (Lipinski definition) is 5. The summed E-state index contributed by atoms with van der Waals surface area (Å²) in [6.45, 7) is 7.85. The Bertz CT molecular complexity index is 1270. The fourth-order valence-corrected chi connectivity index (χ4v) is 9.73. The lowest BCUT2D eigenvalue weighted by Gasteiger charge is -2.52. The molecule has 0 bridgehead atoms. The van der Waals surface area contributed by atoms with E-state index < -0.39 is 46.6 Å². The maximum Gasteiger partial charge on any atom is 0.453 e. The third-order valence-corrected chi connectivity index (χ3v) is 12.7. The number of aromatic hydroxyl groups is 1. The van der Waals surface area contributed by atoms with Gasteiger partial charge >= 0.3 is 12.1 Å². The van der Waals surface area contributed by atoms with Crippen molar-refractivity contribution in [2.45, 2.75) is 102 Å². The Hall–Kier alpha value is -1.72. The van der Waals surface area contributed by atoms with Gasteiger partial charge in [-0.15, -0.1) is 0 Å². The number of aliphatic hydroxyl groups is 1. The van der Waals surface area contributed by atoms with Crippen LogP contribution in [0.15, 0.2) is 30.4 Å². The number of fused-ring (bicyclic) bond motifs is 5. The van der Waals surface area contributed by atoms with Gasteiger partial charge in [-0.3, -0.25) is 0 Å². The number of benzene rings is 1. The van der Waals surface area contributed by atoms with Crippen LogP contribution in [-0.2, 0) is 16.3 Å². The van der Waals surface area contributed by atoms with Crippen LogP contribution in [-0.4, -0.2) is 73.4 Å². The molecule has 6 atom stereocenters. The molecule has 0 amide bonds. The quantitative estimate of drug-likeness (QED) is 0.126. The van der Waals surface area contributed by atoms with Crippen LogP contribution in [0.2, 0.25) is 0 Å². The third-order valence-electron chi connectivity index (χ3n) is 10.9. The van der Waals surface area contributed by atoms with Gasteiger partial charge in [0, 0.05) is 6.42 Å². The Morgan fingerprint density at radius 3 is 2.43 bits per heavy atom. The SMILES string of the molecule is C=C1[C@H](O)CC2C3C(CC[C@]12C)c1ccc(O)cc1C[C@H]3CCCCCN(C)CCCS(=O)(=O)CCCC(F)(F)C(F)(F)F. The number of hydrogen-bond donors (Lipinski definition) is 2. The molecule has 0 aromatic heterocycles. The molecule has 1 aromatic carbocycles. The predicted octanol–water partition coefficient (Wildman–Crippen LogP) is 7.28. The normalized spacial score (nSPS) is 29.0. The smallest absolute Gasteiger partial charge is 0.453 e. The molecule has 11 heteroatoms. The number of unbranched alkanes of at least 4 members (excludes halogenated alkanes) is 2. The molecule has 0 aliphatic heterocycles. The number of halogens is 5. The number of nitrogens with zero attached hydrogens (tertiary/aromatic N) is 1. The van der Waals surface area contributed by atoms with E-state index in [1.165, 1.54) is 11.1 Å². The molecule has 0 radical (unpaired) electrons. The van der Waals surface area contributed by atoms with Crippen molar-refractivity contribution in [3.8, 4) is 5.75 Å². The monoisotopic (exact) mass is 649 g/mol. The molecule has 0 saturated heterocycles. The van der Waals surface area contributed by atoms with E-state index in [0.717, 1.165) is 63.5 Å². The van der Waals surface area contributed by atoms with Gasteiger partial charge < -0.3 is 15.1 Å². The molecule has 3 aliphatic rings. The molecule has 44 heavy (non-hydrogen) atoms. The zero-order valence-electron chi connectivity index (χ0n) is 25.9. The molecule has 4 rings (SSSR count). The molecule has 0 spiro atoms. The summed E-state index contributed by atoms with van der Waals surface area (Å²) in [5.74, 6) is -3.77. The number of rotatable bonds is 14. The summed E-state index contributed by atoms with van der Waals surface area (Å²) in [5.41, 5.74) is 3.52. The van der Waals surface area contributed by atoms with Gasteiger partial charge in [0.25, 0.3) is 0 Å². The van der Waals surface area contributed by atoms with E-state index >= 15 is 0 Å². The van der Waals surface area contributed by atoms with E-state index in [-0.39, 0.29) is 11.2 Å². The van der Waals surface area contributed by atoms with Gasteiger partial charge in [-0.25, -0.2) is 8.42 Å². The Labute approximate surface area is 258 Å². The highest BCUT2D eigenvalue weighted by Gasteiger charge is 2.57. The minimum Gasteiger partial charge on any atom is -0.508 e. The molecular formula is C33H48F5NO4S. The van der Waals surface area contributed by atoms with Gasteiger partial charge in [0.05, 0.1) is 17.6 Å². The van der Waals surface area contributed by atoms with E-state index in [9.17, 15) is 40.6 Å². The average Bonchev–Trinajstić information content (AvgIpc) is 3.15. The predicted molar refractivity (Wildman–Crippen MR) is 162 cm³/mol. The topological polar surface area (TPSA) is 77.8 Å². The van der Waals surface area contributed by atoms with Crippen LogP contribution in [0.1, 0.15) is 88.2 Å². The van der Waals surface area contributed by atoms with E-state index in [2.05, 4.69) is 19.6 Å². The molecule has 2 saturated carbocycles. The maximum absolute atomic E-state index is 13.0. The molecule has 2 N–H and O–H groups in total. The maximum atomic E-state index is 13.0. The second kappa shape index (κ2) is 13.6. The highest BCUT2D eigenvalue weighted by molar-refractivity contribution is 7.91. The minimum absolute atomic E-state index is 0.0441. The van der Waals surface area contributed by atoms with Gasteiger partial charge in [-0.1, -0.05) is 32.4 Å². The number of alkyl halides is 5. The summed E-state index contributed by atoms with van der Waals surface area (Å²) in [4.78, 5) is 2.03. The first-order valence-corrected chi connectivity index (χ1v) is 17.8. The summed E-state index contributed by atoms with van der Waals surface area (Å²) in [6, 6.07) is 5.80. The Morgan fingerprint density at radius 2 is 1.73 bits per heavy atom. The lowest BCUT2D eigenvalue weighted by molar-refractivity contribution is -0.284. The van der Waals surface area contributed by atoms with Crippen molar-refractivity contribution in [2.24, 2.45) is 23.2 Å². The van der Waals surface area contributed by atoms with Crippen molar-refractivity contribution in [2.75, 3.05) is 31.6 Å². The van der Waals surface area contributed by atoms with Crippen molar-refractivity contribution in [1.29, 1.82) is 0 Å². The highest BCUT2D eigenvalue weighted by Crippen LogP contribution is 2.64. The first-order valence-electron chi connectivity index (χ1n) is 16.0. The van der Waals surface area contributed by atoms with Gasteiger partial charge in [0.15, 0.2) is 0 Å². The van der Waals surface area contributed by atoms with E-state index in [0.29, 0.717) is 42.4 Å². The molecule has 1 aromatic rings. The van der Waals surface area contributed by atoms with Crippen molar-refractivity contribution >= 4 is 9.84 Å². The molecule has 0 heterocycles. The fourth-order valence-electron chi connectivity index (χ4n) is 8.37. The summed E-state index contributed by atoms with van der Waals surface area (Å²) in [5, 5.41) is 20.9. The van der Waals surface area contributed by atoms with Crippen LogP contribution >= 0.6 is 0 Å². The molecule has 5 nitrogen and oxygen atoms in total. The zero-order valence-corrected chi connectivity index (χ0v) is 26.7. The lowest BCUT2D eigenvalue weighted by Crippen LogP contribution is -2.44. The van der Waals surface area contributed by atoms with Crippen molar-refractivity contribution in [3.63, 3.8) is 0 Å². The van der Waals surface area contributed by atoms with Crippen molar-refractivity contribution < 1.29 is 40.6 Å². The Morgan fingerprint density at radius 1 is 1.05 bits per heavy atom. The van der Waals surface area contributed by atoms with Crippen LogP contribution in [0.3, 0.4) is 0 Å². The molecule has 250 valence electrons. The van der Waals surface area contributed by atoms with Gasteiger partial charge in [0.2, 0.25) is 0 Å². The molecule has 2 fully saturated rings. The van der Waals surface area contributed by atoms with Crippen molar-refractivity contribution in [1.82, 2.24) is 4.90 Å². The van der Waals surface area contributed by atoms with E-state index in [1.54, 1.807) is 6.07 Å². The largest absolute Gasteiger partial charge is 0.508 e. The third kappa shape index (κ3) is 7.80. The highest BCUT2D eigenvalue weighted by atomic mass is 32.2. The van der Waals surface area contributed by atoms with Crippen LogP contribution in [0.5, 0.6) is 5.75 Å². The Balaban J connectivity index is 1.22. The first-order chi connectivity index (χ1) is 20.4. The number of phenolic OH excluding ortho intramolecular Hbond substituents is 1. The minimum atomic E-state index is -5.67. The molecule has 3 unspecified atom stereocenters.